The van der Waals surface area contributed by atoms with Crippen molar-refractivity contribution in [2.24, 2.45) is 0 Å². The summed E-state index contributed by atoms with van der Waals surface area (Å²) < 4.78 is 5.35. The minimum absolute atomic E-state index is 0.0176. The highest BCUT2D eigenvalue weighted by atomic mass is 35.5. The lowest BCUT2D eigenvalue weighted by Gasteiger charge is -2.28. The summed E-state index contributed by atoms with van der Waals surface area (Å²) in [5.74, 6) is -0.488. The number of morpholine rings is 1. The number of benzene rings is 2. The second kappa shape index (κ2) is 8.52. The lowest BCUT2D eigenvalue weighted by Crippen LogP contribution is -2.36. The van der Waals surface area contributed by atoms with Gasteiger partial charge in [-0.05, 0) is 35.9 Å². The maximum Gasteiger partial charge on any atom is 0.266 e. The first kappa shape index (κ1) is 18.0. The van der Waals surface area contributed by atoms with Crippen molar-refractivity contribution in [1.29, 1.82) is 5.26 Å². The highest BCUT2D eigenvalue weighted by Gasteiger charge is 2.13. The quantitative estimate of drug-likeness (QED) is 0.660. The van der Waals surface area contributed by atoms with E-state index in [9.17, 15) is 10.1 Å². The molecule has 1 aliphatic rings. The number of nitriles is 1. The molecule has 3 rings (SSSR count). The van der Waals surface area contributed by atoms with Gasteiger partial charge in [-0.3, -0.25) is 4.79 Å². The molecule has 1 heterocycles. The lowest BCUT2D eigenvalue weighted by molar-refractivity contribution is -0.112. The number of amides is 1. The summed E-state index contributed by atoms with van der Waals surface area (Å²) >= 11 is 6.04. The van der Waals surface area contributed by atoms with Crippen LogP contribution in [0.2, 0.25) is 5.02 Å². The number of anilines is 2. The third-order valence-electron chi connectivity index (χ3n) is 4.07. The van der Waals surface area contributed by atoms with Crippen LogP contribution in [0, 0.1) is 11.3 Å². The zero-order valence-corrected chi connectivity index (χ0v) is 14.9. The molecule has 2 aromatic rings. The van der Waals surface area contributed by atoms with Gasteiger partial charge in [0.25, 0.3) is 5.91 Å². The van der Waals surface area contributed by atoms with Crippen LogP contribution in [0.5, 0.6) is 0 Å². The van der Waals surface area contributed by atoms with Gasteiger partial charge in [-0.25, -0.2) is 0 Å². The van der Waals surface area contributed by atoms with Crippen LogP contribution < -0.4 is 10.2 Å². The smallest absolute Gasteiger partial charge is 0.266 e. The summed E-state index contributed by atoms with van der Waals surface area (Å²) in [6.07, 6.45) is 1.56. The van der Waals surface area contributed by atoms with Crippen LogP contribution in [0.25, 0.3) is 6.08 Å². The predicted molar refractivity (Wildman–Crippen MR) is 103 cm³/mol. The molecule has 1 N–H and O–H groups in total. The highest BCUT2D eigenvalue weighted by molar-refractivity contribution is 6.34. The van der Waals surface area contributed by atoms with Gasteiger partial charge in [0.2, 0.25) is 0 Å². The number of para-hydroxylation sites is 1. The van der Waals surface area contributed by atoms with Crippen LogP contribution in [0.15, 0.2) is 54.1 Å². The van der Waals surface area contributed by atoms with E-state index >= 15 is 0 Å². The first-order chi connectivity index (χ1) is 12.7. The van der Waals surface area contributed by atoms with Crippen molar-refractivity contribution in [2.75, 3.05) is 36.5 Å². The van der Waals surface area contributed by atoms with E-state index in [1.165, 1.54) is 0 Å². The summed E-state index contributed by atoms with van der Waals surface area (Å²) in [5.41, 5.74) is 2.38. The molecule has 0 spiro atoms. The molecule has 0 atom stereocenters. The second-order valence-corrected chi connectivity index (χ2v) is 6.20. The molecule has 0 aromatic heterocycles. The van der Waals surface area contributed by atoms with Crippen LogP contribution in [-0.4, -0.2) is 32.2 Å². The molecule has 2 aromatic carbocycles. The SMILES string of the molecule is N#CC(=Cc1ccc(N2CCOCC2)cc1)C(=O)Nc1ccccc1Cl. The number of ether oxygens (including phenoxy) is 1. The summed E-state index contributed by atoms with van der Waals surface area (Å²) in [4.78, 5) is 14.6. The number of hydrogen-bond donors (Lipinski definition) is 1. The summed E-state index contributed by atoms with van der Waals surface area (Å²) in [5, 5.41) is 12.4. The Bertz CT molecular complexity index is 850. The van der Waals surface area contributed by atoms with E-state index in [0.717, 1.165) is 37.6 Å². The molecule has 1 fully saturated rings. The Labute approximate surface area is 157 Å². The molecular formula is C20H18ClN3O2. The first-order valence-corrected chi connectivity index (χ1v) is 8.65. The van der Waals surface area contributed by atoms with Crippen LogP contribution >= 0.6 is 11.6 Å². The van der Waals surface area contributed by atoms with E-state index in [-0.39, 0.29) is 5.57 Å². The van der Waals surface area contributed by atoms with Crippen LogP contribution in [0.3, 0.4) is 0 Å². The van der Waals surface area contributed by atoms with Gasteiger partial charge in [0.1, 0.15) is 11.6 Å². The van der Waals surface area contributed by atoms with Crippen molar-refractivity contribution in [3.63, 3.8) is 0 Å². The minimum atomic E-state index is -0.488. The molecule has 132 valence electrons. The van der Waals surface area contributed by atoms with Crippen molar-refractivity contribution in [2.45, 2.75) is 0 Å². The Morgan fingerprint density at radius 3 is 2.50 bits per heavy atom. The number of nitrogens with zero attached hydrogens (tertiary/aromatic N) is 2. The minimum Gasteiger partial charge on any atom is -0.378 e. The summed E-state index contributed by atoms with van der Waals surface area (Å²) in [6, 6.07) is 16.6. The van der Waals surface area contributed by atoms with Gasteiger partial charge >= 0.3 is 0 Å². The predicted octanol–water partition coefficient (Wildman–Crippen LogP) is 3.72. The second-order valence-electron chi connectivity index (χ2n) is 5.79. The van der Waals surface area contributed by atoms with E-state index < -0.39 is 5.91 Å². The largest absolute Gasteiger partial charge is 0.378 e. The molecule has 6 heteroatoms. The van der Waals surface area contributed by atoms with Gasteiger partial charge in [0.05, 0.1) is 23.9 Å². The molecule has 1 saturated heterocycles. The van der Waals surface area contributed by atoms with Gasteiger partial charge in [-0.1, -0.05) is 35.9 Å². The highest BCUT2D eigenvalue weighted by Crippen LogP contribution is 2.22. The number of rotatable bonds is 4. The number of nitrogens with one attached hydrogen (secondary N) is 1. The monoisotopic (exact) mass is 367 g/mol. The van der Waals surface area contributed by atoms with Gasteiger partial charge < -0.3 is 15.0 Å². The normalized spacial score (nSPS) is 14.6. The third kappa shape index (κ3) is 4.42. The van der Waals surface area contributed by atoms with Gasteiger partial charge in [0, 0.05) is 18.8 Å². The Morgan fingerprint density at radius 1 is 1.15 bits per heavy atom. The fourth-order valence-corrected chi connectivity index (χ4v) is 2.85. The lowest BCUT2D eigenvalue weighted by atomic mass is 10.1. The number of carbonyl (C=O) groups excluding carboxylic acids is 1. The number of halogens is 1. The molecule has 0 aliphatic carbocycles. The molecule has 26 heavy (non-hydrogen) atoms. The maximum absolute atomic E-state index is 12.3. The molecule has 0 saturated carbocycles. The van der Waals surface area contributed by atoms with Crippen molar-refractivity contribution in [3.8, 4) is 6.07 Å². The van der Waals surface area contributed by atoms with Crippen molar-refractivity contribution < 1.29 is 9.53 Å². The molecule has 0 radical (unpaired) electrons. The zero-order valence-electron chi connectivity index (χ0n) is 14.1. The van der Waals surface area contributed by atoms with E-state index in [1.54, 1.807) is 30.3 Å². The topological polar surface area (TPSA) is 65.4 Å². The van der Waals surface area contributed by atoms with E-state index in [1.807, 2.05) is 30.3 Å². The fourth-order valence-electron chi connectivity index (χ4n) is 2.67. The molecule has 0 unspecified atom stereocenters. The number of carbonyl (C=O) groups is 1. The summed E-state index contributed by atoms with van der Waals surface area (Å²) in [6.45, 7) is 3.17. The van der Waals surface area contributed by atoms with Crippen LogP contribution in [-0.2, 0) is 9.53 Å². The number of hydrogen-bond acceptors (Lipinski definition) is 4. The standard InChI is InChI=1S/C20H18ClN3O2/c21-18-3-1-2-4-19(18)23-20(25)16(14-22)13-15-5-7-17(8-6-15)24-9-11-26-12-10-24/h1-8,13H,9-12H2,(H,23,25). The van der Waals surface area contributed by atoms with E-state index in [4.69, 9.17) is 16.3 Å². The average molecular weight is 368 g/mol. The van der Waals surface area contributed by atoms with E-state index in [2.05, 4.69) is 10.2 Å². The molecule has 0 bridgehead atoms. The van der Waals surface area contributed by atoms with Crippen molar-refractivity contribution >= 4 is 35.0 Å². The Kier molecular flexibility index (Phi) is 5.90. The molecule has 1 amide bonds. The van der Waals surface area contributed by atoms with Crippen LogP contribution in [0.1, 0.15) is 5.56 Å². The van der Waals surface area contributed by atoms with Crippen molar-refractivity contribution in [1.82, 2.24) is 0 Å². The Balaban J connectivity index is 1.73. The molecular weight excluding hydrogens is 350 g/mol. The van der Waals surface area contributed by atoms with Gasteiger partial charge in [-0.2, -0.15) is 5.26 Å². The summed E-state index contributed by atoms with van der Waals surface area (Å²) in [7, 11) is 0. The Hall–Kier alpha value is -2.81. The zero-order chi connectivity index (χ0) is 18.4. The fraction of sp³-hybridized carbons (Fsp3) is 0.200. The molecule has 1 aliphatic heterocycles. The Morgan fingerprint density at radius 2 is 1.85 bits per heavy atom. The molecule has 5 nitrogen and oxygen atoms in total. The van der Waals surface area contributed by atoms with E-state index in [0.29, 0.717) is 10.7 Å². The first-order valence-electron chi connectivity index (χ1n) is 8.28. The third-order valence-corrected chi connectivity index (χ3v) is 4.40. The van der Waals surface area contributed by atoms with Gasteiger partial charge in [-0.15, -0.1) is 0 Å². The maximum atomic E-state index is 12.3. The van der Waals surface area contributed by atoms with Crippen molar-refractivity contribution in [3.05, 3.63) is 64.7 Å². The van der Waals surface area contributed by atoms with Crippen LogP contribution in [0.4, 0.5) is 11.4 Å². The average Bonchev–Trinajstić information content (AvgIpc) is 2.69. The van der Waals surface area contributed by atoms with Gasteiger partial charge in [0.15, 0.2) is 0 Å².